The molecular weight excluding hydrogens is 509 g/mol. The first-order chi connectivity index (χ1) is 12.8. The Labute approximate surface area is 159 Å². The van der Waals surface area contributed by atoms with Crippen LogP contribution in [0.1, 0.15) is 0 Å². The standard InChI is InChI=1S/C6H6N.3C6H5.Pb/c7-6-4-2-1-3-5-6;3*1-2-4-6-5-3-1;/h1-4H,7H2;3*1-5H;. The molecule has 0 aliphatic rings. The molecule has 26 heavy (non-hydrogen) atoms. The SMILES string of the molecule is Nc1cccc[c]1[Pb]([c]1ccccc1)([c]1ccccc1)[c]1ccccc1. The van der Waals surface area contributed by atoms with E-state index < -0.39 is 21.2 Å². The summed E-state index contributed by atoms with van der Waals surface area (Å²) in [6.45, 7) is 0. The number of nitrogen functional groups attached to an aromatic ring is 1. The predicted molar refractivity (Wildman–Crippen MR) is 114 cm³/mol. The van der Waals surface area contributed by atoms with Crippen molar-refractivity contribution in [3.05, 3.63) is 115 Å². The Morgan fingerprint density at radius 2 is 0.769 bits per heavy atom. The molecular formula is C24H21NPb. The Hall–Kier alpha value is -2.40. The number of benzene rings is 4. The van der Waals surface area contributed by atoms with E-state index in [4.69, 9.17) is 5.73 Å². The Morgan fingerprint density at radius 3 is 1.15 bits per heavy atom. The van der Waals surface area contributed by atoms with Crippen LogP contribution in [-0.4, -0.2) is 21.2 Å². The summed E-state index contributed by atoms with van der Waals surface area (Å²) in [5.41, 5.74) is 7.47. The second-order valence-corrected chi connectivity index (χ2v) is 21.1. The normalized spacial score (nSPS) is 11.2. The molecule has 0 atom stereocenters. The topological polar surface area (TPSA) is 26.0 Å². The van der Waals surface area contributed by atoms with Crippen LogP contribution in [-0.2, 0) is 0 Å². The fraction of sp³-hybridized carbons (Fsp3) is 0. The molecule has 1 nitrogen and oxygen atoms in total. The molecule has 126 valence electrons. The Bertz CT molecular complexity index is 885. The zero-order valence-electron chi connectivity index (χ0n) is 14.5. The van der Waals surface area contributed by atoms with E-state index in [1.54, 1.807) is 0 Å². The van der Waals surface area contributed by atoms with Gasteiger partial charge in [0.2, 0.25) is 0 Å². The second kappa shape index (κ2) is 7.46. The maximum absolute atomic E-state index is 6.57. The van der Waals surface area contributed by atoms with Crippen LogP contribution in [0.15, 0.2) is 115 Å². The van der Waals surface area contributed by atoms with Crippen molar-refractivity contribution in [1.29, 1.82) is 0 Å². The zero-order chi connectivity index (χ0) is 17.8. The van der Waals surface area contributed by atoms with Crippen molar-refractivity contribution in [2.24, 2.45) is 0 Å². The molecule has 4 aromatic rings. The van der Waals surface area contributed by atoms with Crippen molar-refractivity contribution in [2.75, 3.05) is 5.73 Å². The van der Waals surface area contributed by atoms with Crippen LogP contribution >= 0.6 is 0 Å². The van der Waals surface area contributed by atoms with Crippen molar-refractivity contribution < 1.29 is 0 Å². The van der Waals surface area contributed by atoms with Gasteiger partial charge >= 0.3 is 160 Å². The average molecular weight is 531 g/mol. The Balaban J connectivity index is 2.17. The Morgan fingerprint density at radius 1 is 0.423 bits per heavy atom. The summed E-state index contributed by atoms with van der Waals surface area (Å²) in [5, 5.41) is 0. The Kier molecular flexibility index (Phi) is 4.89. The molecule has 4 rings (SSSR count). The number of hydrogen-bond donors (Lipinski definition) is 1. The minimum absolute atomic E-state index is 0.894. The predicted octanol–water partition coefficient (Wildman–Crippen LogP) is 2.65. The van der Waals surface area contributed by atoms with Gasteiger partial charge in [-0.2, -0.15) is 0 Å². The quantitative estimate of drug-likeness (QED) is 0.319. The first-order valence-electron chi connectivity index (χ1n) is 8.85. The van der Waals surface area contributed by atoms with E-state index in [2.05, 4.69) is 103 Å². The second-order valence-electron chi connectivity index (χ2n) is 6.44. The van der Waals surface area contributed by atoms with Gasteiger partial charge < -0.3 is 0 Å². The average Bonchev–Trinajstić information content (AvgIpc) is 2.72. The number of hydrogen-bond acceptors (Lipinski definition) is 1. The van der Waals surface area contributed by atoms with Gasteiger partial charge in [0.25, 0.3) is 0 Å². The molecule has 0 heterocycles. The molecule has 0 amide bonds. The summed E-state index contributed by atoms with van der Waals surface area (Å²) in [4.78, 5) is 0. The maximum atomic E-state index is 6.57. The summed E-state index contributed by atoms with van der Waals surface area (Å²) in [6, 6.07) is 41.3. The van der Waals surface area contributed by atoms with Crippen molar-refractivity contribution >= 4 is 39.4 Å². The molecule has 4 aromatic carbocycles. The van der Waals surface area contributed by atoms with Crippen LogP contribution in [0.2, 0.25) is 0 Å². The minimum atomic E-state index is -3.67. The third kappa shape index (κ3) is 2.86. The zero-order valence-corrected chi connectivity index (χ0v) is 18.4. The molecule has 0 fully saturated rings. The first kappa shape index (κ1) is 17.0. The molecule has 0 saturated heterocycles. The summed E-state index contributed by atoms with van der Waals surface area (Å²) in [7, 11) is 0. The van der Waals surface area contributed by atoms with Crippen LogP contribution in [0.5, 0.6) is 0 Å². The van der Waals surface area contributed by atoms with Crippen LogP contribution in [0.25, 0.3) is 0 Å². The van der Waals surface area contributed by atoms with Gasteiger partial charge in [0.1, 0.15) is 0 Å². The van der Waals surface area contributed by atoms with Gasteiger partial charge in [-0.15, -0.1) is 0 Å². The van der Waals surface area contributed by atoms with Gasteiger partial charge in [-0.3, -0.25) is 0 Å². The number of anilines is 1. The van der Waals surface area contributed by atoms with E-state index in [1.807, 2.05) is 12.1 Å². The van der Waals surface area contributed by atoms with E-state index in [0.29, 0.717) is 0 Å². The third-order valence-electron chi connectivity index (χ3n) is 4.99. The molecule has 0 aliphatic carbocycles. The van der Waals surface area contributed by atoms with Crippen LogP contribution in [0, 0.1) is 0 Å². The summed E-state index contributed by atoms with van der Waals surface area (Å²) in [6.07, 6.45) is 0. The van der Waals surface area contributed by atoms with E-state index in [1.165, 1.54) is 12.5 Å². The molecule has 0 saturated carbocycles. The van der Waals surface area contributed by atoms with E-state index in [0.717, 1.165) is 5.69 Å². The summed E-state index contributed by atoms with van der Waals surface area (Å²) in [5.74, 6) is 0. The summed E-state index contributed by atoms with van der Waals surface area (Å²) < 4.78 is 5.60. The molecule has 0 aliphatic heterocycles. The van der Waals surface area contributed by atoms with E-state index >= 15 is 0 Å². The van der Waals surface area contributed by atoms with Gasteiger partial charge in [0.15, 0.2) is 0 Å². The number of nitrogens with two attached hydrogens (primary N) is 1. The molecule has 2 N–H and O–H groups in total. The number of para-hydroxylation sites is 1. The monoisotopic (exact) mass is 531 g/mol. The van der Waals surface area contributed by atoms with Gasteiger partial charge in [-0.05, 0) is 0 Å². The van der Waals surface area contributed by atoms with Crippen molar-refractivity contribution in [1.82, 2.24) is 0 Å². The van der Waals surface area contributed by atoms with E-state index in [9.17, 15) is 0 Å². The van der Waals surface area contributed by atoms with Gasteiger partial charge in [0, 0.05) is 0 Å². The fourth-order valence-corrected chi connectivity index (χ4v) is 22.8. The van der Waals surface area contributed by atoms with Gasteiger partial charge in [-0.25, -0.2) is 0 Å². The number of rotatable bonds is 4. The van der Waals surface area contributed by atoms with Crippen LogP contribution in [0.4, 0.5) is 5.69 Å². The molecule has 0 unspecified atom stereocenters. The molecule has 0 radical (unpaired) electrons. The van der Waals surface area contributed by atoms with Crippen molar-refractivity contribution in [3.8, 4) is 0 Å². The van der Waals surface area contributed by atoms with Crippen LogP contribution in [0.3, 0.4) is 0 Å². The van der Waals surface area contributed by atoms with Gasteiger partial charge in [-0.1, -0.05) is 0 Å². The molecule has 0 bridgehead atoms. The molecule has 0 spiro atoms. The van der Waals surface area contributed by atoms with Crippen molar-refractivity contribution in [2.45, 2.75) is 0 Å². The van der Waals surface area contributed by atoms with Gasteiger partial charge in [0.05, 0.1) is 0 Å². The van der Waals surface area contributed by atoms with Crippen molar-refractivity contribution in [3.63, 3.8) is 0 Å². The molecule has 2 heteroatoms. The molecule has 0 aromatic heterocycles. The fourth-order valence-electron chi connectivity index (χ4n) is 3.87. The van der Waals surface area contributed by atoms with E-state index in [-0.39, 0.29) is 0 Å². The first-order valence-corrected chi connectivity index (χ1v) is 16.6. The third-order valence-corrected chi connectivity index (χ3v) is 23.9. The van der Waals surface area contributed by atoms with Crippen LogP contribution < -0.4 is 18.2 Å². The summed E-state index contributed by atoms with van der Waals surface area (Å²) >= 11 is -3.67.